The Morgan fingerprint density at radius 3 is 1.17 bits per heavy atom. The molecular weight excluding hydrogens is 350 g/mol. The van der Waals surface area contributed by atoms with Gasteiger partial charge in [0.15, 0.2) is 0 Å². The van der Waals surface area contributed by atoms with Gasteiger partial charge in [-0.2, -0.15) is 0 Å². The van der Waals surface area contributed by atoms with Crippen molar-refractivity contribution >= 4 is 0 Å². The molecule has 1 aromatic rings. The first-order chi connectivity index (χ1) is 14.3. The molecule has 0 fully saturated rings. The van der Waals surface area contributed by atoms with Crippen molar-refractivity contribution in [3.05, 3.63) is 36.0 Å². The van der Waals surface area contributed by atoms with Crippen molar-refractivity contribution in [2.75, 3.05) is 0 Å². The van der Waals surface area contributed by atoms with E-state index in [0.717, 1.165) is 18.4 Å². The first-order valence-electron chi connectivity index (χ1n) is 13.1. The minimum Gasteiger partial charge on any atom is -0.258 e. The zero-order chi connectivity index (χ0) is 21.0. The third-order valence-electron chi connectivity index (χ3n) is 6.06. The average molecular weight is 401 g/mol. The Hall–Kier alpha value is -0.850. The van der Waals surface area contributed by atoms with Crippen LogP contribution in [0.3, 0.4) is 0 Å². The van der Waals surface area contributed by atoms with Crippen LogP contribution >= 0.6 is 0 Å². The Morgan fingerprint density at radius 2 is 0.828 bits per heavy atom. The van der Waals surface area contributed by atoms with E-state index in [2.05, 4.69) is 32.9 Å². The quantitative estimate of drug-likeness (QED) is 0.199. The maximum atomic E-state index is 4.93. The van der Waals surface area contributed by atoms with Crippen LogP contribution in [0.1, 0.15) is 146 Å². The average Bonchev–Trinajstić information content (AvgIpc) is 2.71. The molecule has 0 amide bonds. The Bertz CT molecular complexity index is 439. The monoisotopic (exact) mass is 400 g/mol. The van der Waals surface area contributed by atoms with Gasteiger partial charge in [-0.25, -0.2) is 0 Å². The molecule has 167 valence electrons. The van der Waals surface area contributed by atoms with Crippen molar-refractivity contribution in [3.63, 3.8) is 0 Å². The molecular formula is C28H50N. The van der Waals surface area contributed by atoms with Crippen LogP contribution in [0.5, 0.6) is 0 Å². The van der Waals surface area contributed by atoms with E-state index in [1.807, 2.05) is 0 Å². The summed E-state index contributed by atoms with van der Waals surface area (Å²) in [4.78, 5) is 4.93. The van der Waals surface area contributed by atoms with Gasteiger partial charge < -0.3 is 0 Å². The molecule has 1 nitrogen and oxygen atoms in total. The van der Waals surface area contributed by atoms with E-state index in [1.54, 1.807) is 0 Å². The second-order valence-electron chi connectivity index (χ2n) is 9.11. The third kappa shape index (κ3) is 15.6. The van der Waals surface area contributed by atoms with Gasteiger partial charge in [0.1, 0.15) is 0 Å². The first-order valence-corrected chi connectivity index (χ1v) is 13.1. The number of aryl methyl sites for hydroxylation is 2. The number of hydrogen-bond donors (Lipinski definition) is 0. The fraction of sp³-hybridized carbons (Fsp3) is 0.786. The van der Waals surface area contributed by atoms with Crippen LogP contribution in [0.15, 0.2) is 12.1 Å². The van der Waals surface area contributed by atoms with Crippen molar-refractivity contribution in [3.8, 4) is 0 Å². The van der Waals surface area contributed by atoms with Gasteiger partial charge in [0.05, 0.1) is 0 Å². The largest absolute Gasteiger partial charge is 0.258 e. The molecule has 0 aromatic carbocycles. The summed E-state index contributed by atoms with van der Waals surface area (Å²) in [5.74, 6) is 0. The molecule has 1 aromatic heterocycles. The summed E-state index contributed by atoms with van der Waals surface area (Å²) in [7, 11) is 0. The van der Waals surface area contributed by atoms with Gasteiger partial charge >= 0.3 is 0 Å². The highest BCUT2D eigenvalue weighted by Gasteiger charge is 2.02. The van der Waals surface area contributed by atoms with Crippen molar-refractivity contribution in [1.29, 1.82) is 0 Å². The number of rotatable bonds is 20. The van der Waals surface area contributed by atoms with Gasteiger partial charge in [0.2, 0.25) is 0 Å². The molecule has 0 saturated heterocycles. The number of hydrogen-bond acceptors (Lipinski definition) is 1. The fourth-order valence-corrected chi connectivity index (χ4v) is 4.21. The van der Waals surface area contributed by atoms with Gasteiger partial charge in [0, 0.05) is 11.4 Å². The third-order valence-corrected chi connectivity index (χ3v) is 6.06. The highest BCUT2D eigenvalue weighted by Crippen LogP contribution is 2.15. The molecule has 0 aliphatic heterocycles. The lowest BCUT2D eigenvalue weighted by atomic mass is 10.0. The number of aromatic nitrogens is 1. The van der Waals surface area contributed by atoms with Gasteiger partial charge in [-0.3, -0.25) is 4.98 Å². The summed E-state index contributed by atoms with van der Waals surface area (Å²) in [6.07, 6.45) is 27.2. The van der Waals surface area contributed by atoms with E-state index < -0.39 is 0 Å². The maximum Gasteiger partial charge on any atom is 0.0409 e. The van der Waals surface area contributed by atoms with E-state index in [4.69, 9.17) is 4.98 Å². The minimum absolute atomic E-state index is 1.13. The van der Waals surface area contributed by atoms with E-state index in [9.17, 15) is 0 Å². The molecule has 0 atom stereocenters. The van der Waals surface area contributed by atoms with Crippen molar-refractivity contribution in [2.24, 2.45) is 0 Å². The van der Waals surface area contributed by atoms with Crippen molar-refractivity contribution < 1.29 is 0 Å². The molecule has 1 heteroatoms. The molecule has 1 radical (unpaired) electrons. The molecule has 0 bridgehead atoms. The number of nitrogens with zero attached hydrogens (tertiary/aromatic N) is 1. The lowest BCUT2D eigenvalue weighted by Gasteiger charge is -2.08. The molecule has 0 N–H and O–H groups in total. The zero-order valence-electron chi connectivity index (χ0n) is 20.0. The summed E-state index contributed by atoms with van der Waals surface area (Å²) in [5.41, 5.74) is 3.69. The van der Waals surface area contributed by atoms with E-state index in [1.165, 1.54) is 127 Å². The lowest BCUT2D eigenvalue weighted by molar-refractivity contribution is 0.561. The molecule has 0 aliphatic carbocycles. The van der Waals surface area contributed by atoms with E-state index in [-0.39, 0.29) is 0 Å². The van der Waals surface area contributed by atoms with Crippen LogP contribution in [-0.2, 0) is 12.8 Å². The topological polar surface area (TPSA) is 12.9 Å². The van der Waals surface area contributed by atoms with E-state index in [0.29, 0.717) is 0 Å². The van der Waals surface area contributed by atoms with Crippen LogP contribution in [0.25, 0.3) is 0 Å². The summed E-state index contributed by atoms with van der Waals surface area (Å²) in [5, 5.41) is 0. The predicted molar refractivity (Wildman–Crippen MR) is 131 cm³/mol. The fourth-order valence-electron chi connectivity index (χ4n) is 4.21. The molecule has 29 heavy (non-hydrogen) atoms. The van der Waals surface area contributed by atoms with Gasteiger partial charge in [0.25, 0.3) is 0 Å². The molecule has 0 aliphatic rings. The Kier molecular flexibility index (Phi) is 17.3. The number of pyridine rings is 1. The normalized spacial score (nSPS) is 11.3. The Balaban J connectivity index is 2.09. The summed E-state index contributed by atoms with van der Waals surface area (Å²) in [6.45, 7) is 8.77. The van der Waals surface area contributed by atoms with Gasteiger partial charge in [-0.1, -0.05) is 117 Å². The Morgan fingerprint density at radius 1 is 0.517 bits per heavy atom. The van der Waals surface area contributed by atoms with Crippen LogP contribution in [0, 0.1) is 6.92 Å². The second-order valence-corrected chi connectivity index (χ2v) is 9.11. The summed E-state index contributed by atoms with van der Waals surface area (Å²) >= 11 is 0. The van der Waals surface area contributed by atoms with Gasteiger partial charge in [-0.15, -0.1) is 0 Å². The molecule has 1 rings (SSSR count). The minimum atomic E-state index is 1.13. The van der Waals surface area contributed by atoms with Crippen LogP contribution in [-0.4, -0.2) is 4.98 Å². The summed E-state index contributed by atoms with van der Waals surface area (Å²) in [6, 6.07) is 4.40. The molecule has 0 saturated carbocycles. The van der Waals surface area contributed by atoms with Crippen molar-refractivity contribution in [2.45, 2.75) is 142 Å². The van der Waals surface area contributed by atoms with Crippen LogP contribution < -0.4 is 0 Å². The number of unbranched alkanes of at least 4 members (excludes halogenated alkanes) is 16. The van der Waals surface area contributed by atoms with Crippen LogP contribution in [0.4, 0.5) is 0 Å². The lowest BCUT2D eigenvalue weighted by Crippen LogP contribution is -1.98. The van der Waals surface area contributed by atoms with Gasteiger partial charge in [-0.05, 0) is 50.3 Å². The van der Waals surface area contributed by atoms with Crippen LogP contribution in [0.2, 0.25) is 0 Å². The summed E-state index contributed by atoms with van der Waals surface area (Å²) < 4.78 is 0. The standard InChI is InChI=1S/C28H50N/c1-4-6-8-10-12-14-16-18-20-22-27-24-26(3)25-28(29-27)23-21-19-17-15-13-11-9-7-5-2/h24-25H,3-23H2,1-2H3. The molecule has 0 spiro atoms. The SMILES string of the molecule is [CH2]c1cc(CCCCCCCCCCC)nc(CCCCCCCCCCC)c1. The zero-order valence-corrected chi connectivity index (χ0v) is 20.0. The second kappa shape index (κ2) is 19.1. The molecule has 0 unspecified atom stereocenters. The van der Waals surface area contributed by atoms with Crippen molar-refractivity contribution in [1.82, 2.24) is 4.98 Å². The smallest absolute Gasteiger partial charge is 0.0409 e. The highest BCUT2D eigenvalue weighted by atomic mass is 14.7. The first kappa shape index (κ1) is 26.2. The predicted octanol–water partition coefficient (Wildman–Crippen LogP) is 9.41. The maximum absolute atomic E-state index is 4.93. The molecule has 1 heterocycles. The highest BCUT2D eigenvalue weighted by molar-refractivity contribution is 5.24. The van der Waals surface area contributed by atoms with E-state index >= 15 is 0 Å². The Labute approximate surface area is 183 Å².